The average molecular weight is 806 g/mol. The molecule has 0 unspecified atom stereocenters. The Morgan fingerprint density at radius 3 is 1.60 bits per heavy atom. The van der Waals surface area contributed by atoms with Crippen molar-refractivity contribution in [2.75, 3.05) is 0 Å². The Hall–Kier alpha value is -8.14. The molecule has 0 atom stereocenters. The first-order valence-electron chi connectivity index (χ1n) is 21.6. The van der Waals surface area contributed by atoms with Crippen LogP contribution in [0.5, 0.6) is 0 Å². The van der Waals surface area contributed by atoms with Gasteiger partial charge in [0.25, 0.3) is 0 Å². The van der Waals surface area contributed by atoms with Crippen molar-refractivity contribution >= 4 is 55.6 Å². The molecular weight excluding hydrogens is 763 g/mol. The quantitative estimate of drug-likeness (QED) is 0.136. The minimum Gasteiger partial charge on any atom is -0.309 e. The van der Waals surface area contributed by atoms with Gasteiger partial charge >= 0.3 is 0 Å². The number of nitrogens with zero attached hydrogens (tertiary/aromatic N) is 3. The summed E-state index contributed by atoms with van der Waals surface area (Å²) < 4.78 is 2.34. The van der Waals surface area contributed by atoms with Gasteiger partial charge in [0.1, 0.15) is 0 Å². The Balaban J connectivity index is 0.869. The van der Waals surface area contributed by atoms with Gasteiger partial charge in [0.2, 0.25) is 0 Å². The molecule has 0 saturated carbocycles. The zero-order valence-electron chi connectivity index (χ0n) is 34.8. The first kappa shape index (κ1) is 37.8. The zero-order chi connectivity index (χ0) is 42.1. The summed E-state index contributed by atoms with van der Waals surface area (Å²) in [4.78, 5) is 10.3. The van der Waals surface area contributed by atoms with E-state index in [1.807, 2.05) is 12.3 Å². The van der Waals surface area contributed by atoms with Gasteiger partial charge in [0, 0.05) is 32.6 Å². The summed E-state index contributed by atoms with van der Waals surface area (Å²) in [5.74, 6) is 0. The number of fused-ring (bicyclic) bond motifs is 7. The van der Waals surface area contributed by atoms with Gasteiger partial charge in [-0.2, -0.15) is 0 Å². The third-order valence-electron chi connectivity index (χ3n) is 12.3. The van der Waals surface area contributed by atoms with Crippen molar-refractivity contribution in [1.29, 1.82) is 0 Å². The maximum absolute atomic E-state index is 5.26. The van der Waals surface area contributed by atoms with Gasteiger partial charge in [0.15, 0.2) is 0 Å². The van der Waals surface area contributed by atoms with E-state index in [2.05, 4.69) is 223 Å². The Labute approximate surface area is 366 Å². The lowest BCUT2D eigenvalue weighted by Crippen LogP contribution is -2.28. The molecular formula is C60H43N3. The Kier molecular flexibility index (Phi) is 9.83. The number of rotatable bonds is 9. The van der Waals surface area contributed by atoms with Crippen molar-refractivity contribution in [2.24, 2.45) is 0 Å². The second-order valence-electron chi connectivity index (χ2n) is 16.1. The molecule has 0 aliphatic rings. The fourth-order valence-electron chi connectivity index (χ4n) is 9.30. The first-order valence-corrected chi connectivity index (χ1v) is 21.6. The van der Waals surface area contributed by atoms with E-state index in [0.29, 0.717) is 0 Å². The molecule has 2 heterocycles. The molecule has 0 amide bonds. The number of aromatic nitrogens is 3. The van der Waals surface area contributed by atoms with Gasteiger partial charge in [-0.25, -0.2) is 4.98 Å². The van der Waals surface area contributed by atoms with Crippen LogP contribution >= 0.6 is 0 Å². The number of allylic oxidation sites excluding steroid dienone is 1. The highest BCUT2D eigenvalue weighted by Crippen LogP contribution is 2.36. The minimum atomic E-state index is 0.861. The van der Waals surface area contributed by atoms with Gasteiger partial charge < -0.3 is 4.57 Å². The van der Waals surface area contributed by atoms with Crippen molar-refractivity contribution in [1.82, 2.24) is 14.5 Å². The van der Waals surface area contributed by atoms with E-state index in [1.165, 1.54) is 54.7 Å². The first-order chi connectivity index (χ1) is 31.2. The van der Waals surface area contributed by atoms with Crippen LogP contribution in [0.25, 0.3) is 106 Å². The molecule has 11 rings (SSSR count). The fourth-order valence-corrected chi connectivity index (χ4v) is 9.30. The summed E-state index contributed by atoms with van der Waals surface area (Å²) >= 11 is 0. The number of hydrogen-bond acceptors (Lipinski definition) is 2. The molecule has 9 aromatic carbocycles. The molecule has 0 saturated heterocycles. The third-order valence-corrected chi connectivity index (χ3v) is 12.3. The lowest BCUT2D eigenvalue weighted by Gasteiger charge is -2.12. The van der Waals surface area contributed by atoms with E-state index in [0.717, 1.165) is 68.1 Å². The van der Waals surface area contributed by atoms with Crippen LogP contribution in [0.15, 0.2) is 219 Å². The number of benzene rings is 9. The summed E-state index contributed by atoms with van der Waals surface area (Å²) in [6, 6.07) is 71.7. The Morgan fingerprint density at radius 1 is 0.460 bits per heavy atom. The van der Waals surface area contributed by atoms with Crippen LogP contribution in [0, 0.1) is 0 Å². The SMILES string of the molecule is C=C/C=c1\c(=C/CCc2cccc(-c3cccc(-c4cccc(-c5cccc(-c6cnc7c8ccccc8c8ccccc8c7n6)c5)c4)c3)c2)c2ccccc2n1-c1ccccc1. The summed E-state index contributed by atoms with van der Waals surface area (Å²) in [7, 11) is 0. The number of para-hydroxylation sites is 2. The highest BCUT2D eigenvalue weighted by molar-refractivity contribution is 6.23. The highest BCUT2D eigenvalue weighted by atomic mass is 15.0. The highest BCUT2D eigenvalue weighted by Gasteiger charge is 2.14. The van der Waals surface area contributed by atoms with Gasteiger partial charge in [-0.1, -0.05) is 183 Å². The molecule has 0 radical (unpaired) electrons. The predicted molar refractivity (Wildman–Crippen MR) is 266 cm³/mol. The Bertz CT molecular complexity index is 3620. The predicted octanol–water partition coefficient (Wildman–Crippen LogP) is 13.9. The molecule has 3 nitrogen and oxygen atoms in total. The van der Waals surface area contributed by atoms with Gasteiger partial charge in [-0.05, 0) is 105 Å². The van der Waals surface area contributed by atoms with Crippen molar-refractivity contribution in [3.8, 4) is 50.3 Å². The summed E-state index contributed by atoms with van der Waals surface area (Å²) in [6.07, 6.45) is 10.2. The molecule has 0 fully saturated rings. The molecule has 63 heavy (non-hydrogen) atoms. The number of aryl methyl sites for hydroxylation is 1. The maximum Gasteiger partial charge on any atom is 0.0979 e. The summed E-state index contributed by atoms with van der Waals surface area (Å²) in [5, 5.41) is 8.29. The van der Waals surface area contributed by atoms with Crippen molar-refractivity contribution in [2.45, 2.75) is 12.8 Å². The smallest absolute Gasteiger partial charge is 0.0979 e. The molecule has 0 spiro atoms. The van der Waals surface area contributed by atoms with E-state index in [1.54, 1.807) is 0 Å². The number of hydrogen-bond donors (Lipinski definition) is 0. The average Bonchev–Trinajstić information content (AvgIpc) is 3.67. The van der Waals surface area contributed by atoms with Crippen molar-refractivity contribution < 1.29 is 0 Å². The second-order valence-corrected chi connectivity index (χ2v) is 16.1. The standard InChI is InChI=1S/C60H43N3/c1-2-17-57-53(52-31-10-11-35-58(52)63(57)49-27-4-3-5-28-49)34-13-19-41-18-12-20-42(36-41)43-21-14-22-44(37-43)45-23-15-24-46(38-45)47-25-16-26-48(39-47)56-40-61-59-54-32-8-6-29-50(54)51-30-7-9-33-55(51)60(59)62-56/h2-12,14-18,20-40H,1,13,19H2/b53-34-,57-17+. The van der Waals surface area contributed by atoms with E-state index in [-0.39, 0.29) is 0 Å². The molecule has 2 aromatic heterocycles. The van der Waals surface area contributed by atoms with E-state index >= 15 is 0 Å². The summed E-state index contributed by atoms with van der Waals surface area (Å²) in [6.45, 7) is 4.06. The normalized spacial score (nSPS) is 12.2. The summed E-state index contributed by atoms with van der Waals surface area (Å²) in [5.41, 5.74) is 14.5. The zero-order valence-corrected chi connectivity index (χ0v) is 34.8. The topological polar surface area (TPSA) is 30.7 Å². The van der Waals surface area contributed by atoms with Crippen LogP contribution in [0.2, 0.25) is 0 Å². The lowest BCUT2D eigenvalue weighted by molar-refractivity contribution is 1.03. The molecule has 0 bridgehead atoms. The monoisotopic (exact) mass is 805 g/mol. The van der Waals surface area contributed by atoms with Crippen LogP contribution in [0.4, 0.5) is 0 Å². The molecule has 3 heteroatoms. The minimum absolute atomic E-state index is 0.861. The Morgan fingerprint density at radius 2 is 0.968 bits per heavy atom. The van der Waals surface area contributed by atoms with Gasteiger partial charge in [-0.3, -0.25) is 4.98 Å². The molecule has 298 valence electrons. The molecule has 0 aliphatic heterocycles. The molecule has 0 N–H and O–H groups in total. The third kappa shape index (κ3) is 7.10. The maximum atomic E-state index is 5.26. The van der Waals surface area contributed by atoms with Gasteiger partial charge in [-0.15, -0.1) is 0 Å². The van der Waals surface area contributed by atoms with E-state index < -0.39 is 0 Å². The van der Waals surface area contributed by atoms with Crippen LogP contribution < -0.4 is 10.6 Å². The van der Waals surface area contributed by atoms with Crippen molar-refractivity contribution in [3.63, 3.8) is 0 Å². The lowest BCUT2D eigenvalue weighted by atomic mass is 9.94. The molecule has 0 aliphatic carbocycles. The van der Waals surface area contributed by atoms with E-state index in [9.17, 15) is 0 Å². The molecule has 11 aromatic rings. The van der Waals surface area contributed by atoms with Gasteiger partial charge in [0.05, 0.1) is 33.8 Å². The van der Waals surface area contributed by atoms with Crippen LogP contribution in [-0.4, -0.2) is 14.5 Å². The van der Waals surface area contributed by atoms with Crippen LogP contribution in [0.3, 0.4) is 0 Å². The van der Waals surface area contributed by atoms with Crippen LogP contribution in [-0.2, 0) is 6.42 Å². The largest absolute Gasteiger partial charge is 0.309 e. The van der Waals surface area contributed by atoms with E-state index in [4.69, 9.17) is 9.97 Å². The second kappa shape index (κ2) is 16.4. The van der Waals surface area contributed by atoms with Crippen LogP contribution in [0.1, 0.15) is 12.0 Å². The van der Waals surface area contributed by atoms with Crippen molar-refractivity contribution in [3.05, 3.63) is 235 Å². The fraction of sp³-hybridized carbons (Fsp3) is 0.0333.